The monoisotopic (exact) mass is 324 g/mol. The molecule has 0 saturated carbocycles. The van der Waals surface area contributed by atoms with Crippen molar-refractivity contribution < 1.29 is 9.90 Å². The van der Waals surface area contributed by atoms with Crippen LogP contribution in [0.5, 0.6) is 0 Å². The lowest BCUT2D eigenvalue weighted by Crippen LogP contribution is -2.22. The van der Waals surface area contributed by atoms with E-state index in [0.29, 0.717) is 12.2 Å². The molecule has 1 atom stereocenters. The molecule has 0 unspecified atom stereocenters. The van der Waals surface area contributed by atoms with Crippen molar-refractivity contribution in [2.45, 2.75) is 12.5 Å². The number of amides is 1. The molecule has 1 fully saturated rings. The van der Waals surface area contributed by atoms with Gasteiger partial charge in [-0.15, -0.1) is 0 Å². The Morgan fingerprint density at radius 2 is 2.37 bits per heavy atom. The van der Waals surface area contributed by atoms with Crippen LogP contribution in [0.15, 0.2) is 22.9 Å². The van der Waals surface area contributed by atoms with Crippen molar-refractivity contribution >= 4 is 38.7 Å². The molecule has 100 valence electrons. The summed E-state index contributed by atoms with van der Waals surface area (Å²) in [5.74, 6) is 0. The summed E-state index contributed by atoms with van der Waals surface area (Å²) in [4.78, 5) is 17.7. The van der Waals surface area contributed by atoms with E-state index in [4.69, 9.17) is 5.73 Å². The number of carbonyl (C=O) groups is 1. The van der Waals surface area contributed by atoms with Crippen LogP contribution in [-0.4, -0.2) is 39.9 Å². The minimum Gasteiger partial charge on any atom is -0.391 e. The Hall–Kier alpha value is -1.60. The topological polar surface area (TPSA) is 84.4 Å². The lowest BCUT2D eigenvalue weighted by molar-refractivity contribution is 0.198. The Labute approximate surface area is 117 Å². The molecule has 1 amide bonds. The number of hydrogen-bond acceptors (Lipinski definition) is 4. The highest BCUT2D eigenvalue weighted by molar-refractivity contribution is 9.10. The number of nitrogens with two attached hydrogens (primary N) is 1. The molecule has 1 aliphatic rings. The summed E-state index contributed by atoms with van der Waals surface area (Å²) in [5.41, 5.74) is 6.79. The van der Waals surface area contributed by atoms with Crippen molar-refractivity contribution in [1.82, 2.24) is 9.55 Å². The Morgan fingerprint density at radius 3 is 3.00 bits per heavy atom. The molecule has 2 aromatic rings. The number of β-amino-alcohol motifs (C(OH)–C–C–N with tert-alkyl or cyclic N) is 1. The van der Waals surface area contributed by atoms with Gasteiger partial charge in [0.25, 0.3) is 0 Å². The molecule has 0 aliphatic carbocycles. The van der Waals surface area contributed by atoms with Crippen molar-refractivity contribution in [2.75, 3.05) is 18.0 Å². The molecular weight excluding hydrogens is 312 g/mol. The Bertz CT molecular complexity index is 654. The van der Waals surface area contributed by atoms with Gasteiger partial charge in [0.05, 0.1) is 16.3 Å². The van der Waals surface area contributed by atoms with Crippen LogP contribution >= 0.6 is 15.9 Å². The van der Waals surface area contributed by atoms with Gasteiger partial charge in [-0.3, -0.25) is 4.57 Å². The normalized spacial score (nSPS) is 19.3. The Balaban J connectivity index is 2.17. The van der Waals surface area contributed by atoms with Gasteiger partial charge in [-0.1, -0.05) is 0 Å². The fourth-order valence-electron chi connectivity index (χ4n) is 2.49. The van der Waals surface area contributed by atoms with E-state index in [9.17, 15) is 9.90 Å². The van der Waals surface area contributed by atoms with Crippen molar-refractivity contribution in [3.8, 4) is 0 Å². The highest BCUT2D eigenvalue weighted by Crippen LogP contribution is 2.35. The molecule has 0 aromatic carbocycles. The first-order valence-corrected chi connectivity index (χ1v) is 6.75. The van der Waals surface area contributed by atoms with E-state index in [1.54, 1.807) is 12.4 Å². The number of primary amides is 1. The van der Waals surface area contributed by atoms with Crippen LogP contribution in [-0.2, 0) is 0 Å². The average Bonchev–Trinajstić information content (AvgIpc) is 2.95. The average molecular weight is 325 g/mol. The standard InChI is InChI=1S/C12H13BrN4O2/c13-9-5-15-11-8(2-4-17(11)12(14)19)10(9)16-3-1-7(18)6-16/h2,4-5,7,18H,1,3,6H2,(H2,14,19)/t7-/m1/s1. The third-order valence-electron chi connectivity index (χ3n) is 3.36. The number of hydrogen-bond donors (Lipinski definition) is 2. The molecule has 7 heteroatoms. The van der Waals surface area contributed by atoms with Gasteiger partial charge >= 0.3 is 6.03 Å². The molecule has 0 radical (unpaired) electrons. The number of pyridine rings is 1. The second kappa shape index (κ2) is 4.50. The highest BCUT2D eigenvalue weighted by atomic mass is 79.9. The zero-order chi connectivity index (χ0) is 13.6. The predicted molar refractivity (Wildman–Crippen MR) is 75.3 cm³/mol. The highest BCUT2D eigenvalue weighted by Gasteiger charge is 2.25. The first-order valence-electron chi connectivity index (χ1n) is 5.96. The zero-order valence-electron chi connectivity index (χ0n) is 10.1. The summed E-state index contributed by atoms with van der Waals surface area (Å²) in [7, 11) is 0. The fourth-order valence-corrected chi connectivity index (χ4v) is 3.06. The van der Waals surface area contributed by atoms with Crippen LogP contribution in [0, 0.1) is 0 Å². The molecule has 2 aromatic heterocycles. The number of aliphatic hydroxyl groups is 1. The zero-order valence-corrected chi connectivity index (χ0v) is 11.7. The maximum atomic E-state index is 11.3. The van der Waals surface area contributed by atoms with Gasteiger partial charge in [0, 0.05) is 30.9 Å². The molecule has 3 heterocycles. The van der Waals surface area contributed by atoms with Gasteiger partial charge in [0.2, 0.25) is 0 Å². The second-order valence-electron chi connectivity index (χ2n) is 4.60. The van der Waals surface area contributed by atoms with E-state index in [0.717, 1.165) is 28.5 Å². The van der Waals surface area contributed by atoms with Crippen molar-refractivity contribution in [1.29, 1.82) is 0 Å². The minimum absolute atomic E-state index is 0.312. The molecular formula is C12H13BrN4O2. The number of aliphatic hydroxyl groups excluding tert-OH is 1. The summed E-state index contributed by atoms with van der Waals surface area (Å²) in [6.45, 7) is 1.36. The van der Waals surface area contributed by atoms with Crippen molar-refractivity contribution in [3.05, 3.63) is 22.9 Å². The molecule has 3 N–H and O–H groups in total. The van der Waals surface area contributed by atoms with Crippen LogP contribution in [0.2, 0.25) is 0 Å². The fraction of sp³-hybridized carbons (Fsp3) is 0.333. The first-order chi connectivity index (χ1) is 9.08. The van der Waals surface area contributed by atoms with Crippen LogP contribution < -0.4 is 10.6 Å². The number of nitrogens with zero attached hydrogens (tertiary/aromatic N) is 3. The van der Waals surface area contributed by atoms with Crippen LogP contribution in [0.3, 0.4) is 0 Å². The molecule has 1 saturated heterocycles. The summed E-state index contributed by atoms with van der Waals surface area (Å²) < 4.78 is 2.16. The number of halogens is 1. The summed E-state index contributed by atoms with van der Waals surface area (Å²) in [6.07, 6.45) is 3.70. The summed E-state index contributed by atoms with van der Waals surface area (Å²) in [5, 5.41) is 10.5. The molecule has 0 spiro atoms. The smallest absolute Gasteiger partial charge is 0.324 e. The Morgan fingerprint density at radius 1 is 1.58 bits per heavy atom. The first kappa shape index (κ1) is 12.4. The maximum absolute atomic E-state index is 11.3. The van der Waals surface area contributed by atoms with Gasteiger partial charge < -0.3 is 15.7 Å². The molecule has 1 aliphatic heterocycles. The van der Waals surface area contributed by atoms with Gasteiger partial charge in [0.15, 0.2) is 0 Å². The second-order valence-corrected chi connectivity index (χ2v) is 5.46. The van der Waals surface area contributed by atoms with E-state index in [1.165, 1.54) is 4.57 Å². The largest absolute Gasteiger partial charge is 0.391 e. The number of rotatable bonds is 1. The van der Waals surface area contributed by atoms with Crippen molar-refractivity contribution in [2.24, 2.45) is 5.73 Å². The maximum Gasteiger partial charge on any atom is 0.324 e. The quantitative estimate of drug-likeness (QED) is 0.828. The van der Waals surface area contributed by atoms with Gasteiger partial charge in [-0.2, -0.15) is 0 Å². The third-order valence-corrected chi connectivity index (χ3v) is 3.94. The van der Waals surface area contributed by atoms with Gasteiger partial charge in [0.1, 0.15) is 5.65 Å². The lowest BCUT2D eigenvalue weighted by Gasteiger charge is -2.20. The van der Waals surface area contributed by atoms with E-state index < -0.39 is 6.03 Å². The van der Waals surface area contributed by atoms with Gasteiger partial charge in [-0.25, -0.2) is 9.78 Å². The summed E-state index contributed by atoms with van der Waals surface area (Å²) in [6, 6.07) is 1.26. The number of anilines is 1. The van der Waals surface area contributed by atoms with Crippen LogP contribution in [0.25, 0.3) is 11.0 Å². The summed E-state index contributed by atoms with van der Waals surface area (Å²) >= 11 is 3.48. The lowest BCUT2D eigenvalue weighted by atomic mass is 10.2. The van der Waals surface area contributed by atoms with E-state index in [2.05, 4.69) is 25.8 Å². The minimum atomic E-state index is -0.558. The third kappa shape index (κ3) is 1.98. The predicted octanol–water partition coefficient (Wildman–Crippen LogP) is 1.30. The molecule has 3 rings (SSSR count). The Kier molecular flexibility index (Phi) is 2.94. The van der Waals surface area contributed by atoms with Crippen molar-refractivity contribution in [3.63, 3.8) is 0 Å². The molecule has 19 heavy (non-hydrogen) atoms. The van der Waals surface area contributed by atoms with Gasteiger partial charge in [-0.05, 0) is 28.4 Å². The number of carbonyl (C=O) groups excluding carboxylic acids is 1. The molecule has 6 nitrogen and oxygen atoms in total. The van der Waals surface area contributed by atoms with Crippen LogP contribution in [0.1, 0.15) is 6.42 Å². The SMILES string of the molecule is NC(=O)n1ccc2c(N3CC[C@@H](O)C3)c(Br)cnc21. The number of aromatic nitrogens is 2. The van der Waals surface area contributed by atoms with E-state index in [1.807, 2.05) is 6.07 Å². The molecule has 0 bridgehead atoms. The van der Waals surface area contributed by atoms with E-state index >= 15 is 0 Å². The number of fused-ring (bicyclic) bond motifs is 1. The van der Waals surface area contributed by atoms with E-state index in [-0.39, 0.29) is 6.10 Å². The van der Waals surface area contributed by atoms with Crippen LogP contribution in [0.4, 0.5) is 10.5 Å².